The zero-order chi connectivity index (χ0) is 11.3. The van der Waals surface area contributed by atoms with Crippen molar-refractivity contribution in [1.82, 2.24) is 0 Å². The fraction of sp³-hybridized carbons (Fsp3) is 0.385. The van der Waals surface area contributed by atoms with Crippen molar-refractivity contribution in [2.45, 2.75) is 34.6 Å². The van der Waals surface area contributed by atoms with Gasteiger partial charge in [0.25, 0.3) is 0 Å². The molecule has 0 aliphatic carbocycles. The van der Waals surface area contributed by atoms with E-state index in [1.54, 1.807) is 0 Å². The quantitative estimate of drug-likeness (QED) is 0.612. The van der Waals surface area contributed by atoms with Gasteiger partial charge in [-0.1, -0.05) is 40.2 Å². The topological polar surface area (TPSA) is 0 Å². The molecular formula is C13H19Br. The molecule has 0 aliphatic rings. The lowest BCUT2D eigenvalue weighted by molar-refractivity contribution is 1.25. The number of halogens is 1. The van der Waals surface area contributed by atoms with Crippen LogP contribution in [0.15, 0.2) is 45.5 Å². The maximum Gasteiger partial charge on any atom is 0.0167 e. The number of rotatable bonds is 3. The smallest absolute Gasteiger partial charge is 0.0167 e. The molecule has 78 valence electrons. The minimum absolute atomic E-state index is 1.11. The van der Waals surface area contributed by atoms with Gasteiger partial charge in [-0.15, -0.1) is 0 Å². The number of allylic oxidation sites excluding steroid dienone is 7. The van der Waals surface area contributed by atoms with Crippen LogP contribution in [-0.2, 0) is 0 Å². The molecule has 0 saturated carbocycles. The van der Waals surface area contributed by atoms with Gasteiger partial charge in [-0.2, -0.15) is 0 Å². The van der Waals surface area contributed by atoms with Gasteiger partial charge >= 0.3 is 0 Å². The van der Waals surface area contributed by atoms with Crippen LogP contribution in [0, 0.1) is 0 Å². The Kier molecular flexibility index (Phi) is 5.78. The van der Waals surface area contributed by atoms with E-state index in [-0.39, 0.29) is 0 Å². The first kappa shape index (κ1) is 13.4. The highest BCUT2D eigenvalue weighted by Gasteiger charge is 2.07. The molecule has 0 aliphatic heterocycles. The van der Waals surface area contributed by atoms with Crippen LogP contribution in [0.2, 0.25) is 0 Å². The summed E-state index contributed by atoms with van der Waals surface area (Å²) in [5.74, 6) is 0. The van der Waals surface area contributed by atoms with Crippen molar-refractivity contribution in [3.05, 3.63) is 45.5 Å². The van der Waals surface area contributed by atoms with E-state index in [1.807, 2.05) is 13.8 Å². The van der Waals surface area contributed by atoms with Gasteiger partial charge in [-0.3, -0.25) is 0 Å². The number of hydrogen-bond acceptors (Lipinski definition) is 0. The molecule has 0 bridgehead atoms. The number of hydrogen-bond donors (Lipinski definition) is 0. The van der Waals surface area contributed by atoms with Crippen LogP contribution in [0.25, 0.3) is 0 Å². The Hall–Kier alpha value is -0.560. The second-order valence-corrected chi connectivity index (χ2v) is 4.24. The third kappa shape index (κ3) is 3.30. The van der Waals surface area contributed by atoms with Gasteiger partial charge in [0.2, 0.25) is 0 Å². The summed E-state index contributed by atoms with van der Waals surface area (Å²) in [4.78, 5) is 0. The van der Waals surface area contributed by atoms with E-state index < -0.39 is 0 Å². The van der Waals surface area contributed by atoms with Crippen molar-refractivity contribution in [3.63, 3.8) is 0 Å². The zero-order valence-corrected chi connectivity index (χ0v) is 11.3. The van der Waals surface area contributed by atoms with Crippen molar-refractivity contribution in [2.24, 2.45) is 0 Å². The van der Waals surface area contributed by atoms with Gasteiger partial charge in [0.05, 0.1) is 0 Å². The first-order chi connectivity index (χ1) is 6.45. The molecule has 0 aromatic rings. The van der Waals surface area contributed by atoms with Crippen LogP contribution in [0.1, 0.15) is 34.6 Å². The first-order valence-electron chi connectivity index (χ1n) is 4.77. The first-order valence-corrected chi connectivity index (χ1v) is 5.57. The van der Waals surface area contributed by atoms with Crippen molar-refractivity contribution in [2.75, 3.05) is 0 Å². The Labute approximate surface area is 96.2 Å². The predicted octanol–water partition coefficient (Wildman–Crippen LogP) is 5.14. The Morgan fingerprint density at radius 1 is 1.07 bits per heavy atom. The van der Waals surface area contributed by atoms with Crippen LogP contribution in [0.4, 0.5) is 0 Å². The molecular weight excluding hydrogens is 236 g/mol. The van der Waals surface area contributed by atoms with Crippen molar-refractivity contribution < 1.29 is 0 Å². The minimum atomic E-state index is 1.11. The largest absolute Gasteiger partial charge is 0.0955 e. The Balaban J connectivity index is 5.51. The second kappa shape index (κ2) is 6.02. The summed E-state index contributed by atoms with van der Waals surface area (Å²) in [5.41, 5.74) is 4.87. The lowest BCUT2D eigenvalue weighted by Crippen LogP contribution is -1.92. The minimum Gasteiger partial charge on any atom is -0.0955 e. The van der Waals surface area contributed by atoms with E-state index >= 15 is 0 Å². The Morgan fingerprint density at radius 2 is 1.57 bits per heavy atom. The van der Waals surface area contributed by atoms with E-state index in [9.17, 15) is 0 Å². The van der Waals surface area contributed by atoms with Gasteiger partial charge in [0.15, 0.2) is 0 Å². The van der Waals surface area contributed by atoms with Crippen molar-refractivity contribution in [3.8, 4) is 0 Å². The van der Waals surface area contributed by atoms with Gasteiger partial charge in [0.1, 0.15) is 0 Å². The molecule has 0 amide bonds. The maximum atomic E-state index is 4.02. The average Bonchev–Trinajstić information content (AvgIpc) is 2.15. The molecule has 0 heterocycles. The molecule has 0 aromatic heterocycles. The van der Waals surface area contributed by atoms with Crippen molar-refractivity contribution in [1.29, 1.82) is 0 Å². The lowest BCUT2D eigenvalue weighted by Gasteiger charge is -2.12. The van der Waals surface area contributed by atoms with Crippen LogP contribution in [0.3, 0.4) is 0 Å². The summed E-state index contributed by atoms with van der Waals surface area (Å²) in [5, 5.41) is 0. The van der Waals surface area contributed by atoms with Crippen LogP contribution < -0.4 is 0 Å². The highest BCUT2D eigenvalue weighted by molar-refractivity contribution is 9.12. The summed E-state index contributed by atoms with van der Waals surface area (Å²) in [6.07, 6.45) is 4.17. The summed E-state index contributed by atoms with van der Waals surface area (Å²) in [6.45, 7) is 14.4. The molecule has 0 unspecified atom stereocenters. The summed E-state index contributed by atoms with van der Waals surface area (Å²) >= 11 is 3.54. The van der Waals surface area contributed by atoms with E-state index in [1.165, 1.54) is 16.7 Å². The zero-order valence-electron chi connectivity index (χ0n) is 9.74. The highest BCUT2D eigenvalue weighted by atomic mass is 79.9. The monoisotopic (exact) mass is 254 g/mol. The van der Waals surface area contributed by atoms with Gasteiger partial charge in [-0.05, 0) is 51.3 Å². The SMILES string of the molecule is C=C(C)C(/C(C)=C\C)=C(C)\C(Br)=C/C. The fourth-order valence-corrected chi connectivity index (χ4v) is 1.63. The van der Waals surface area contributed by atoms with Gasteiger partial charge < -0.3 is 0 Å². The van der Waals surface area contributed by atoms with E-state index in [2.05, 4.69) is 55.4 Å². The lowest BCUT2D eigenvalue weighted by atomic mass is 9.96. The predicted molar refractivity (Wildman–Crippen MR) is 69.6 cm³/mol. The molecule has 1 heteroatoms. The average molecular weight is 255 g/mol. The normalized spacial score (nSPS) is 15.3. The molecule has 0 saturated heterocycles. The molecule has 0 N–H and O–H groups in total. The third-order valence-electron chi connectivity index (χ3n) is 2.24. The molecule has 0 nitrogen and oxygen atoms in total. The summed E-state index contributed by atoms with van der Waals surface area (Å²) in [6, 6.07) is 0. The van der Waals surface area contributed by atoms with Crippen LogP contribution in [-0.4, -0.2) is 0 Å². The van der Waals surface area contributed by atoms with Gasteiger partial charge in [0, 0.05) is 4.48 Å². The standard InChI is InChI=1S/C13H19Br/c1-7-10(5)13(9(3)4)11(6)12(14)8-2/h7-8H,3H2,1-2,4-6H3/b10-7-,12-8+,13-11+. The van der Waals surface area contributed by atoms with E-state index in [0.29, 0.717) is 0 Å². The summed E-state index contributed by atoms with van der Waals surface area (Å²) < 4.78 is 1.14. The van der Waals surface area contributed by atoms with E-state index in [0.717, 1.165) is 10.1 Å². The highest BCUT2D eigenvalue weighted by Crippen LogP contribution is 2.28. The van der Waals surface area contributed by atoms with Crippen LogP contribution >= 0.6 is 15.9 Å². The van der Waals surface area contributed by atoms with Crippen LogP contribution in [0.5, 0.6) is 0 Å². The molecule has 0 rings (SSSR count). The molecule has 0 atom stereocenters. The molecule has 14 heavy (non-hydrogen) atoms. The fourth-order valence-electron chi connectivity index (χ4n) is 1.43. The third-order valence-corrected chi connectivity index (χ3v) is 3.29. The Morgan fingerprint density at radius 3 is 1.86 bits per heavy atom. The van der Waals surface area contributed by atoms with Gasteiger partial charge in [-0.25, -0.2) is 0 Å². The molecule has 0 radical (unpaired) electrons. The molecule has 0 spiro atoms. The molecule has 0 fully saturated rings. The van der Waals surface area contributed by atoms with E-state index in [4.69, 9.17) is 0 Å². The maximum absolute atomic E-state index is 4.02. The molecule has 0 aromatic carbocycles. The van der Waals surface area contributed by atoms with Crippen molar-refractivity contribution >= 4 is 15.9 Å². The Bertz CT molecular complexity index is 314. The summed E-state index contributed by atoms with van der Waals surface area (Å²) in [7, 11) is 0. The second-order valence-electron chi connectivity index (χ2n) is 3.39.